The number of piperazine rings is 1. The maximum absolute atomic E-state index is 13.1. The highest BCUT2D eigenvalue weighted by Crippen LogP contribution is 2.30. The molecule has 0 spiro atoms. The number of fused-ring (bicyclic) bond motifs is 2. The van der Waals surface area contributed by atoms with Crippen LogP contribution in [0.5, 0.6) is 0 Å². The molecule has 1 aromatic heterocycles. The van der Waals surface area contributed by atoms with Crippen molar-refractivity contribution in [3.63, 3.8) is 0 Å². The molecule has 0 saturated carbocycles. The van der Waals surface area contributed by atoms with Crippen LogP contribution in [0.2, 0.25) is 0 Å². The molecule has 1 fully saturated rings. The van der Waals surface area contributed by atoms with E-state index in [4.69, 9.17) is 4.74 Å². The summed E-state index contributed by atoms with van der Waals surface area (Å²) in [5.74, 6) is -0.851. The topological polar surface area (TPSA) is 96.9 Å². The van der Waals surface area contributed by atoms with Crippen molar-refractivity contribution in [2.45, 2.75) is 31.1 Å². The predicted octanol–water partition coefficient (Wildman–Crippen LogP) is 2.72. The molecule has 1 aliphatic carbocycles. The van der Waals surface area contributed by atoms with Gasteiger partial charge in [-0.25, -0.2) is 13.2 Å². The van der Waals surface area contributed by atoms with Gasteiger partial charge in [-0.2, -0.15) is 4.31 Å². The Hall–Kier alpha value is -3.30. The monoisotopic (exact) mass is 493 g/mol. The van der Waals surface area contributed by atoms with Gasteiger partial charge in [-0.1, -0.05) is 35.9 Å². The normalized spacial score (nSPS) is 16.3. The van der Waals surface area contributed by atoms with E-state index >= 15 is 0 Å². The summed E-state index contributed by atoms with van der Waals surface area (Å²) in [5, 5.41) is 0.737. The van der Waals surface area contributed by atoms with E-state index in [1.807, 2.05) is 31.2 Å². The lowest BCUT2D eigenvalue weighted by atomic mass is 10.0. The van der Waals surface area contributed by atoms with E-state index in [-0.39, 0.29) is 43.6 Å². The number of ether oxygens (including phenoxy) is 1. The summed E-state index contributed by atoms with van der Waals surface area (Å²) in [6.45, 7) is 2.40. The minimum Gasteiger partial charge on any atom is -0.452 e. The molecule has 35 heavy (non-hydrogen) atoms. The van der Waals surface area contributed by atoms with Gasteiger partial charge >= 0.3 is 5.97 Å². The first-order valence-electron chi connectivity index (χ1n) is 11.8. The van der Waals surface area contributed by atoms with Gasteiger partial charge in [-0.15, -0.1) is 0 Å². The fraction of sp³-hybridized carbons (Fsp3) is 0.346. The standard InChI is InChI=1S/C26H27N3O5S/c1-18-9-11-19(12-10-18)35(32,33)29-15-13-28(14-16-29)24(30)17-34-26(31)25-20-5-2-3-7-22(20)27-23-8-4-6-21(23)25/h2-3,5,7,9-12H,4,6,8,13-17H2,1H3. The van der Waals surface area contributed by atoms with Crippen LogP contribution in [-0.2, 0) is 32.4 Å². The highest BCUT2D eigenvalue weighted by atomic mass is 32.2. The first-order chi connectivity index (χ1) is 16.8. The van der Waals surface area contributed by atoms with E-state index in [0.717, 1.165) is 47.0 Å². The average Bonchev–Trinajstić information content (AvgIpc) is 3.34. The number of carbonyl (C=O) groups excluding carboxylic acids is 2. The van der Waals surface area contributed by atoms with Gasteiger partial charge < -0.3 is 9.64 Å². The molecule has 2 aromatic carbocycles. The molecule has 0 N–H and O–H groups in total. The van der Waals surface area contributed by atoms with Gasteiger partial charge in [0.1, 0.15) is 0 Å². The molecule has 0 unspecified atom stereocenters. The van der Waals surface area contributed by atoms with Crippen LogP contribution in [0, 0.1) is 6.92 Å². The number of esters is 1. The van der Waals surface area contributed by atoms with Crippen LogP contribution in [-0.4, -0.2) is 67.3 Å². The number of nitrogens with zero attached hydrogens (tertiary/aromatic N) is 3. The fourth-order valence-corrected chi connectivity index (χ4v) is 6.19. The van der Waals surface area contributed by atoms with Gasteiger partial charge in [0, 0.05) is 37.3 Å². The summed E-state index contributed by atoms with van der Waals surface area (Å²) in [7, 11) is -3.61. The van der Waals surface area contributed by atoms with E-state index < -0.39 is 16.0 Å². The smallest absolute Gasteiger partial charge is 0.339 e. The third-order valence-corrected chi connectivity index (χ3v) is 8.61. The number of hydrogen-bond acceptors (Lipinski definition) is 6. The van der Waals surface area contributed by atoms with Crippen LogP contribution >= 0.6 is 0 Å². The lowest BCUT2D eigenvalue weighted by molar-refractivity contribution is -0.135. The number of para-hydroxylation sites is 1. The summed E-state index contributed by atoms with van der Waals surface area (Å²) in [6.07, 6.45) is 2.53. The van der Waals surface area contributed by atoms with Crippen molar-refractivity contribution in [2.75, 3.05) is 32.8 Å². The van der Waals surface area contributed by atoms with Gasteiger partial charge in [0.15, 0.2) is 6.61 Å². The predicted molar refractivity (Wildman–Crippen MR) is 131 cm³/mol. The van der Waals surface area contributed by atoms with Gasteiger partial charge in [0.25, 0.3) is 5.91 Å². The first-order valence-corrected chi connectivity index (χ1v) is 13.2. The maximum Gasteiger partial charge on any atom is 0.339 e. The maximum atomic E-state index is 13.1. The number of sulfonamides is 1. The van der Waals surface area contributed by atoms with E-state index in [1.54, 1.807) is 29.2 Å². The van der Waals surface area contributed by atoms with Crippen molar-refractivity contribution in [1.82, 2.24) is 14.2 Å². The molecular weight excluding hydrogens is 466 g/mol. The molecule has 2 heterocycles. The van der Waals surface area contributed by atoms with Crippen LogP contribution in [0.4, 0.5) is 0 Å². The van der Waals surface area contributed by atoms with Crippen LogP contribution < -0.4 is 0 Å². The zero-order valence-electron chi connectivity index (χ0n) is 19.6. The molecule has 0 bridgehead atoms. The third kappa shape index (κ3) is 4.53. The summed E-state index contributed by atoms with van der Waals surface area (Å²) >= 11 is 0. The van der Waals surface area contributed by atoms with Crippen molar-refractivity contribution < 1.29 is 22.7 Å². The SMILES string of the molecule is Cc1ccc(S(=O)(=O)N2CCN(C(=O)COC(=O)c3c4c(nc5ccccc35)CCC4)CC2)cc1. The van der Waals surface area contributed by atoms with Crippen LogP contribution in [0.3, 0.4) is 0 Å². The highest BCUT2D eigenvalue weighted by molar-refractivity contribution is 7.89. The molecule has 1 aliphatic heterocycles. The van der Waals surface area contributed by atoms with Crippen LogP contribution in [0.25, 0.3) is 10.9 Å². The Morgan fingerprint density at radius 2 is 1.69 bits per heavy atom. The molecule has 5 rings (SSSR count). The number of carbonyl (C=O) groups is 2. The van der Waals surface area contributed by atoms with E-state index in [2.05, 4.69) is 4.98 Å². The second-order valence-electron chi connectivity index (χ2n) is 8.96. The van der Waals surface area contributed by atoms with Crippen molar-refractivity contribution in [2.24, 2.45) is 0 Å². The number of aromatic nitrogens is 1. The minimum absolute atomic E-state index is 0.193. The zero-order chi connectivity index (χ0) is 24.6. The minimum atomic E-state index is -3.61. The molecule has 1 amide bonds. The van der Waals surface area contributed by atoms with Crippen molar-refractivity contribution in [3.8, 4) is 0 Å². The third-order valence-electron chi connectivity index (χ3n) is 6.70. The van der Waals surface area contributed by atoms with Gasteiger partial charge in [0.2, 0.25) is 10.0 Å². The fourth-order valence-electron chi connectivity index (χ4n) is 4.77. The number of hydrogen-bond donors (Lipinski definition) is 0. The Morgan fingerprint density at radius 1 is 0.971 bits per heavy atom. The Bertz CT molecular complexity index is 1390. The highest BCUT2D eigenvalue weighted by Gasteiger charge is 2.31. The Kier molecular flexibility index (Phi) is 6.29. The van der Waals surface area contributed by atoms with E-state index in [0.29, 0.717) is 5.56 Å². The van der Waals surface area contributed by atoms with E-state index in [1.165, 1.54) is 4.31 Å². The number of aryl methyl sites for hydroxylation is 2. The second kappa shape index (κ2) is 9.39. The number of amides is 1. The molecule has 8 nitrogen and oxygen atoms in total. The Balaban J connectivity index is 1.22. The summed E-state index contributed by atoms with van der Waals surface area (Å²) in [6, 6.07) is 14.2. The molecule has 2 aliphatic rings. The molecule has 0 atom stereocenters. The van der Waals surface area contributed by atoms with Crippen molar-refractivity contribution >= 4 is 32.8 Å². The quantitative estimate of drug-likeness (QED) is 0.507. The second-order valence-corrected chi connectivity index (χ2v) is 10.9. The van der Waals surface area contributed by atoms with Crippen LogP contribution in [0.1, 0.15) is 33.6 Å². The molecule has 1 saturated heterocycles. The lowest BCUT2D eigenvalue weighted by Crippen LogP contribution is -2.51. The number of rotatable bonds is 5. The molecular formula is C26H27N3O5S. The molecule has 182 valence electrons. The largest absolute Gasteiger partial charge is 0.452 e. The first kappa shape index (κ1) is 23.4. The number of pyridine rings is 1. The Morgan fingerprint density at radius 3 is 2.43 bits per heavy atom. The molecule has 0 radical (unpaired) electrons. The Labute approximate surface area is 204 Å². The van der Waals surface area contributed by atoms with Crippen molar-refractivity contribution in [1.29, 1.82) is 0 Å². The lowest BCUT2D eigenvalue weighted by Gasteiger charge is -2.33. The zero-order valence-corrected chi connectivity index (χ0v) is 20.4. The van der Waals surface area contributed by atoms with E-state index in [9.17, 15) is 18.0 Å². The average molecular weight is 494 g/mol. The van der Waals surface area contributed by atoms with Crippen molar-refractivity contribution in [3.05, 3.63) is 70.9 Å². The van der Waals surface area contributed by atoms with Gasteiger partial charge in [0.05, 0.1) is 16.0 Å². The summed E-state index contributed by atoms with van der Waals surface area (Å²) in [4.78, 5) is 32.3. The number of benzene rings is 2. The van der Waals surface area contributed by atoms with Gasteiger partial charge in [-0.05, 0) is 49.9 Å². The summed E-state index contributed by atoms with van der Waals surface area (Å²) < 4.78 is 32.6. The molecule has 9 heteroatoms. The van der Waals surface area contributed by atoms with Gasteiger partial charge in [-0.3, -0.25) is 9.78 Å². The summed E-state index contributed by atoms with van der Waals surface area (Å²) in [5.41, 5.74) is 4.07. The molecule has 3 aromatic rings. The van der Waals surface area contributed by atoms with Crippen LogP contribution in [0.15, 0.2) is 53.4 Å².